The van der Waals surface area contributed by atoms with Crippen LogP contribution < -0.4 is 4.90 Å². The first kappa shape index (κ1) is 15.0. The van der Waals surface area contributed by atoms with Crippen LogP contribution in [0.15, 0.2) is 24.3 Å². The highest BCUT2D eigenvalue weighted by molar-refractivity contribution is 5.85. The van der Waals surface area contributed by atoms with Crippen molar-refractivity contribution in [2.24, 2.45) is 0 Å². The Bertz CT molecular complexity index is 579. The third-order valence-electron chi connectivity index (χ3n) is 3.45. The minimum absolute atomic E-state index is 0.0445. The van der Waals surface area contributed by atoms with E-state index in [4.69, 9.17) is 9.84 Å². The predicted octanol–water partition coefficient (Wildman–Crippen LogP) is 1.92. The summed E-state index contributed by atoms with van der Waals surface area (Å²) >= 11 is 0. The second-order valence-electron chi connectivity index (χ2n) is 4.81. The van der Waals surface area contributed by atoms with Crippen LogP contribution in [0, 0.1) is 10.1 Å². The standard InChI is InChI=1S/C14H16N2O5/c1-15(11-6-7-21-9-11)12-4-2-10(3-5-14(17)18)8-13(12)16(19)20/h2-5,8,11H,6-7,9H2,1H3,(H,17,18)/b5-3+. The van der Waals surface area contributed by atoms with Crippen LogP contribution in [0.3, 0.4) is 0 Å². The first-order chi connectivity index (χ1) is 9.99. The Morgan fingerprint density at radius 1 is 1.57 bits per heavy atom. The van der Waals surface area contributed by atoms with Crippen molar-refractivity contribution in [2.75, 3.05) is 25.2 Å². The number of aliphatic carboxylic acids is 1. The maximum atomic E-state index is 11.2. The maximum absolute atomic E-state index is 11.2. The number of hydrogen-bond acceptors (Lipinski definition) is 5. The molecule has 0 aliphatic carbocycles. The number of likely N-dealkylation sites (N-methyl/N-ethyl adjacent to an activating group) is 1. The lowest BCUT2D eigenvalue weighted by Gasteiger charge is -2.25. The average molecular weight is 292 g/mol. The van der Waals surface area contributed by atoms with Gasteiger partial charge in [-0.05, 0) is 24.1 Å². The molecule has 1 aromatic carbocycles. The van der Waals surface area contributed by atoms with Gasteiger partial charge in [-0.25, -0.2) is 4.79 Å². The topological polar surface area (TPSA) is 92.9 Å². The van der Waals surface area contributed by atoms with Crippen LogP contribution in [0.1, 0.15) is 12.0 Å². The smallest absolute Gasteiger partial charge is 0.328 e. The molecule has 1 unspecified atom stereocenters. The van der Waals surface area contributed by atoms with Crippen molar-refractivity contribution in [1.29, 1.82) is 0 Å². The van der Waals surface area contributed by atoms with Crippen molar-refractivity contribution in [3.05, 3.63) is 40.0 Å². The quantitative estimate of drug-likeness (QED) is 0.506. The van der Waals surface area contributed by atoms with Crippen molar-refractivity contribution in [2.45, 2.75) is 12.5 Å². The molecule has 0 bridgehead atoms. The van der Waals surface area contributed by atoms with Gasteiger partial charge in [-0.15, -0.1) is 0 Å². The molecule has 7 nitrogen and oxygen atoms in total. The number of benzene rings is 1. The van der Waals surface area contributed by atoms with Crippen LogP contribution in [0.5, 0.6) is 0 Å². The predicted molar refractivity (Wildman–Crippen MR) is 77.4 cm³/mol. The summed E-state index contributed by atoms with van der Waals surface area (Å²) in [7, 11) is 1.80. The molecular formula is C14H16N2O5. The van der Waals surface area contributed by atoms with Gasteiger partial charge >= 0.3 is 5.97 Å². The zero-order valence-electron chi connectivity index (χ0n) is 11.6. The van der Waals surface area contributed by atoms with E-state index in [-0.39, 0.29) is 11.7 Å². The van der Waals surface area contributed by atoms with Crippen molar-refractivity contribution in [1.82, 2.24) is 0 Å². The fraction of sp³-hybridized carbons (Fsp3) is 0.357. The van der Waals surface area contributed by atoms with Crippen molar-refractivity contribution >= 4 is 23.4 Å². The van der Waals surface area contributed by atoms with Crippen molar-refractivity contribution in [3.63, 3.8) is 0 Å². The Hall–Kier alpha value is -2.41. The molecular weight excluding hydrogens is 276 g/mol. The number of carbonyl (C=O) groups is 1. The molecule has 0 radical (unpaired) electrons. The van der Waals surface area contributed by atoms with Crippen LogP contribution in [-0.4, -0.2) is 42.3 Å². The molecule has 1 aliphatic heterocycles. The first-order valence-electron chi connectivity index (χ1n) is 6.49. The Kier molecular flexibility index (Phi) is 4.54. The maximum Gasteiger partial charge on any atom is 0.328 e. The summed E-state index contributed by atoms with van der Waals surface area (Å²) in [6.07, 6.45) is 3.11. The molecule has 21 heavy (non-hydrogen) atoms. The average Bonchev–Trinajstić information content (AvgIpc) is 2.98. The second-order valence-corrected chi connectivity index (χ2v) is 4.81. The Balaban J connectivity index is 2.32. The number of anilines is 1. The molecule has 0 amide bonds. The number of nitrogens with zero attached hydrogens (tertiary/aromatic N) is 2. The third-order valence-corrected chi connectivity index (χ3v) is 3.45. The van der Waals surface area contributed by atoms with Gasteiger partial charge in [0, 0.05) is 25.8 Å². The van der Waals surface area contributed by atoms with Gasteiger partial charge in [0.25, 0.3) is 5.69 Å². The largest absolute Gasteiger partial charge is 0.478 e. The van der Waals surface area contributed by atoms with Gasteiger partial charge in [-0.2, -0.15) is 0 Å². The molecule has 0 spiro atoms. The monoisotopic (exact) mass is 292 g/mol. The molecule has 7 heteroatoms. The van der Waals surface area contributed by atoms with Gasteiger partial charge in [0.2, 0.25) is 0 Å². The van der Waals surface area contributed by atoms with Crippen LogP contribution in [0.4, 0.5) is 11.4 Å². The van der Waals surface area contributed by atoms with E-state index >= 15 is 0 Å². The van der Waals surface area contributed by atoms with Crippen molar-refractivity contribution in [3.8, 4) is 0 Å². The summed E-state index contributed by atoms with van der Waals surface area (Å²) in [6, 6.07) is 4.79. The minimum atomic E-state index is -1.10. The van der Waals surface area contributed by atoms with Gasteiger partial charge in [-0.1, -0.05) is 6.07 Å². The molecule has 1 aromatic rings. The van der Waals surface area contributed by atoms with E-state index in [1.54, 1.807) is 19.2 Å². The number of ether oxygens (including phenoxy) is 1. The summed E-state index contributed by atoms with van der Waals surface area (Å²) in [5.74, 6) is -1.10. The van der Waals surface area contributed by atoms with Gasteiger partial charge in [0.05, 0.1) is 17.6 Å². The molecule has 1 atom stereocenters. The zero-order valence-corrected chi connectivity index (χ0v) is 11.6. The Labute approximate surface area is 121 Å². The minimum Gasteiger partial charge on any atom is -0.478 e. The molecule has 1 aliphatic rings. The summed E-state index contributed by atoms with van der Waals surface area (Å²) in [6.45, 7) is 1.20. The molecule has 1 N–H and O–H groups in total. The molecule has 2 rings (SSSR count). The highest BCUT2D eigenvalue weighted by atomic mass is 16.6. The number of rotatable bonds is 5. The Morgan fingerprint density at radius 2 is 2.33 bits per heavy atom. The van der Waals surface area contributed by atoms with Crippen LogP contribution in [0.2, 0.25) is 0 Å². The van der Waals surface area contributed by atoms with Crippen molar-refractivity contribution < 1.29 is 19.6 Å². The molecule has 112 valence electrons. The highest BCUT2D eigenvalue weighted by Crippen LogP contribution is 2.31. The molecule has 0 saturated carbocycles. The lowest BCUT2D eigenvalue weighted by Crippen LogP contribution is -2.32. The van der Waals surface area contributed by atoms with Crippen LogP contribution >= 0.6 is 0 Å². The lowest BCUT2D eigenvalue weighted by atomic mass is 10.1. The summed E-state index contributed by atoms with van der Waals surface area (Å²) in [4.78, 5) is 23.1. The lowest BCUT2D eigenvalue weighted by molar-refractivity contribution is -0.384. The van der Waals surface area contributed by atoms with E-state index in [2.05, 4.69) is 0 Å². The SMILES string of the molecule is CN(c1ccc(/C=C/C(=O)O)cc1[N+](=O)[O-])C1CCOC1. The van der Waals surface area contributed by atoms with E-state index in [0.717, 1.165) is 12.5 Å². The summed E-state index contributed by atoms with van der Waals surface area (Å²) in [5.41, 5.74) is 0.934. The zero-order chi connectivity index (χ0) is 15.4. The van der Waals surface area contributed by atoms with E-state index in [0.29, 0.717) is 24.5 Å². The highest BCUT2D eigenvalue weighted by Gasteiger charge is 2.25. The number of nitro groups is 1. The van der Waals surface area contributed by atoms with Gasteiger partial charge in [0.1, 0.15) is 5.69 Å². The van der Waals surface area contributed by atoms with E-state index in [1.807, 2.05) is 4.90 Å². The number of nitro benzene ring substituents is 1. The second kappa shape index (κ2) is 6.36. The van der Waals surface area contributed by atoms with Crippen LogP contribution in [0.25, 0.3) is 6.08 Å². The fourth-order valence-electron chi connectivity index (χ4n) is 2.28. The molecule has 1 fully saturated rings. The third kappa shape index (κ3) is 3.57. The summed E-state index contributed by atoms with van der Waals surface area (Å²) < 4.78 is 5.30. The van der Waals surface area contributed by atoms with Crippen LogP contribution in [-0.2, 0) is 9.53 Å². The number of carboxylic acid groups (broad SMARTS) is 1. The molecule has 0 aromatic heterocycles. The van der Waals surface area contributed by atoms with Gasteiger partial charge in [0.15, 0.2) is 0 Å². The fourth-order valence-corrected chi connectivity index (χ4v) is 2.28. The normalized spacial score (nSPS) is 18.0. The number of carboxylic acids is 1. The molecule has 1 saturated heterocycles. The van der Waals surface area contributed by atoms with Gasteiger partial charge in [-0.3, -0.25) is 10.1 Å². The van der Waals surface area contributed by atoms with Gasteiger partial charge < -0.3 is 14.7 Å². The first-order valence-corrected chi connectivity index (χ1v) is 6.49. The summed E-state index contributed by atoms with van der Waals surface area (Å²) in [5, 5.41) is 19.8. The van der Waals surface area contributed by atoms with E-state index in [1.165, 1.54) is 12.1 Å². The van der Waals surface area contributed by atoms with E-state index < -0.39 is 10.9 Å². The molecule has 1 heterocycles. The number of hydrogen-bond donors (Lipinski definition) is 1. The van der Waals surface area contributed by atoms with E-state index in [9.17, 15) is 14.9 Å². The Morgan fingerprint density at radius 3 is 2.90 bits per heavy atom.